The van der Waals surface area contributed by atoms with Gasteiger partial charge in [-0.1, -0.05) is 0 Å². The predicted molar refractivity (Wildman–Crippen MR) is 72.6 cm³/mol. The molecule has 0 amide bonds. The van der Waals surface area contributed by atoms with Gasteiger partial charge in [0.1, 0.15) is 4.47 Å². The third-order valence-electron chi connectivity index (χ3n) is 3.16. The molecule has 1 atom stereocenters. The topological polar surface area (TPSA) is 47.4 Å². The minimum Gasteiger partial charge on any atom is -0.374 e. The molecule has 2 heterocycles. The lowest BCUT2D eigenvalue weighted by Crippen LogP contribution is -2.47. The Balaban J connectivity index is 2.05. The summed E-state index contributed by atoms with van der Waals surface area (Å²) in [5.74, 6) is 0. The maximum atomic E-state index is 11.9. The fraction of sp³-hybridized carbons (Fsp3) is 0.667. The molecule has 0 aromatic carbocycles. The van der Waals surface area contributed by atoms with E-state index in [2.05, 4.69) is 39.7 Å². The number of aromatic nitrogens is 2. The Labute approximate surface area is 115 Å². The highest BCUT2D eigenvalue weighted by Crippen LogP contribution is 2.10. The lowest BCUT2D eigenvalue weighted by molar-refractivity contribution is -0.0461. The molecule has 1 unspecified atom stereocenters. The van der Waals surface area contributed by atoms with Gasteiger partial charge in [0.25, 0.3) is 5.56 Å². The van der Waals surface area contributed by atoms with E-state index >= 15 is 0 Å². The fourth-order valence-corrected chi connectivity index (χ4v) is 2.44. The number of nitrogens with zero attached hydrogens (tertiary/aromatic N) is 3. The molecule has 6 heteroatoms. The molecule has 1 aromatic heterocycles. The molecule has 1 saturated heterocycles. The van der Waals surface area contributed by atoms with E-state index in [1.165, 1.54) is 6.20 Å². The molecule has 0 spiro atoms. The lowest BCUT2D eigenvalue weighted by Gasteiger charge is -2.35. The van der Waals surface area contributed by atoms with Crippen molar-refractivity contribution in [2.75, 3.05) is 19.7 Å². The summed E-state index contributed by atoms with van der Waals surface area (Å²) in [4.78, 5) is 18.2. The van der Waals surface area contributed by atoms with Crippen molar-refractivity contribution >= 4 is 15.9 Å². The zero-order valence-corrected chi connectivity index (χ0v) is 12.3. The molecule has 1 aliphatic heterocycles. The summed E-state index contributed by atoms with van der Waals surface area (Å²) >= 11 is 3.20. The number of hydrogen-bond acceptors (Lipinski definition) is 4. The Kier molecular flexibility index (Phi) is 4.53. The van der Waals surface area contributed by atoms with Crippen LogP contribution in [0.1, 0.15) is 13.8 Å². The van der Waals surface area contributed by atoms with Gasteiger partial charge in [-0.25, -0.2) is 4.98 Å². The smallest absolute Gasteiger partial charge is 0.267 e. The largest absolute Gasteiger partial charge is 0.374 e. The van der Waals surface area contributed by atoms with Crippen molar-refractivity contribution in [1.82, 2.24) is 14.5 Å². The second kappa shape index (κ2) is 5.95. The SMILES string of the molecule is CC(C)N1CCOC(Cn2cncc(Br)c2=O)C1. The minimum absolute atomic E-state index is 0.0509. The van der Waals surface area contributed by atoms with Crippen LogP contribution in [0.25, 0.3) is 0 Å². The summed E-state index contributed by atoms with van der Waals surface area (Å²) in [6.45, 7) is 7.44. The van der Waals surface area contributed by atoms with Gasteiger partial charge in [0.2, 0.25) is 0 Å². The normalized spacial score (nSPS) is 21.4. The van der Waals surface area contributed by atoms with Gasteiger partial charge in [-0.3, -0.25) is 14.3 Å². The van der Waals surface area contributed by atoms with Crippen LogP contribution in [-0.4, -0.2) is 46.3 Å². The molecule has 0 saturated carbocycles. The van der Waals surface area contributed by atoms with Crippen LogP contribution in [0, 0.1) is 0 Å². The van der Waals surface area contributed by atoms with Crippen molar-refractivity contribution in [2.45, 2.75) is 32.5 Å². The summed E-state index contributed by atoms with van der Waals surface area (Å²) in [7, 11) is 0. The van der Waals surface area contributed by atoms with Crippen LogP contribution in [0.5, 0.6) is 0 Å². The zero-order chi connectivity index (χ0) is 13.1. The van der Waals surface area contributed by atoms with Gasteiger partial charge in [-0.15, -0.1) is 0 Å². The standard InChI is InChI=1S/C12H18BrN3O2/c1-9(2)15-3-4-18-10(6-15)7-16-8-14-5-11(13)12(16)17/h5,8-10H,3-4,6-7H2,1-2H3. The Morgan fingerprint density at radius 2 is 2.39 bits per heavy atom. The second-order valence-corrected chi connectivity index (χ2v) is 5.63. The molecular weight excluding hydrogens is 298 g/mol. The molecule has 5 nitrogen and oxygen atoms in total. The summed E-state index contributed by atoms with van der Waals surface area (Å²) in [6, 6.07) is 0.508. The molecule has 0 bridgehead atoms. The minimum atomic E-state index is -0.0599. The molecular formula is C12H18BrN3O2. The molecule has 1 aromatic rings. The van der Waals surface area contributed by atoms with Gasteiger partial charge in [0.15, 0.2) is 0 Å². The lowest BCUT2D eigenvalue weighted by atomic mass is 10.2. The predicted octanol–water partition coefficient (Wildman–Crippen LogP) is 1.11. The molecule has 1 aliphatic rings. The van der Waals surface area contributed by atoms with E-state index in [9.17, 15) is 4.79 Å². The summed E-state index contributed by atoms with van der Waals surface area (Å²) in [5.41, 5.74) is -0.0599. The van der Waals surface area contributed by atoms with Crippen LogP contribution in [-0.2, 0) is 11.3 Å². The second-order valence-electron chi connectivity index (χ2n) is 4.78. The maximum absolute atomic E-state index is 11.9. The van der Waals surface area contributed by atoms with Crippen LogP contribution in [0.15, 0.2) is 21.8 Å². The van der Waals surface area contributed by atoms with E-state index < -0.39 is 0 Å². The van der Waals surface area contributed by atoms with Crippen molar-refractivity contribution in [3.8, 4) is 0 Å². The van der Waals surface area contributed by atoms with Crippen LogP contribution < -0.4 is 5.56 Å². The highest BCUT2D eigenvalue weighted by atomic mass is 79.9. The molecule has 1 fully saturated rings. The molecule has 18 heavy (non-hydrogen) atoms. The molecule has 100 valence electrons. The highest BCUT2D eigenvalue weighted by Gasteiger charge is 2.22. The van der Waals surface area contributed by atoms with Crippen LogP contribution in [0.4, 0.5) is 0 Å². The maximum Gasteiger partial charge on any atom is 0.267 e. The molecule has 2 rings (SSSR count). The van der Waals surface area contributed by atoms with Crippen molar-refractivity contribution in [2.24, 2.45) is 0 Å². The first-order valence-electron chi connectivity index (χ1n) is 6.13. The number of morpholine rings is 1. The third-order valence-corrected chi connectivity index (χ3v) is 3.70. The molecule has 0 N–H and O–H groups in total. The summed E-state index contributed by atoms with van der Waals surface area (Å²) in [6.07, 6.45) is 3.13. The average molecular weight is 316 g/mol. The van der Waals surface area contributed by atoms with E-state index in [1.807, 2.05) is 0 Å². The first-order chi connectivity index (χ1) is 8.58. The number of halogens is 1. The van der Waals surface area contributed by atoms with E-state index in [0.717, 1.165) is 19.7 Å². The quantitative estimate of drug-likeness (QED) is 0.838. The first-order valence-corrected chi connectivity index (χ1v) is 6.93. The van der Waals surface area contributed by atoms with Crippen molar-refractivity contribution in [3.63, 3.8) is 0 Å². The van der Waals surface area contributed by atoms with Gasteiger partial charge >= 0.3 is 0 Å². The van der Waals surface area contributed by atoms with Gasteiger partial charge in [0, 0.05) is 25.3 Å². The number of rotatable bonds is 3. The van der Waals surface area contributed by atoms with E-state index in [1.54, 1.807) is 10.9 Å². The van der Waals surface area contributed by atoms with Crippen molar-refractivity contribution in [3.05, 3.63) is 27.4 Å². The van der Waals surface area contributed by atoms with Gasteiger partial charge in [-0.2, -0.15) is 0 Å². The summed E-state index contributed by atoms with van der Waals surface area (Å²) in [5, 5.41) is 0. The van der Waals surface area contributed by atoms with E-state index in [-0.39, 0.29) is 11.7 Å². The fourth-order valence-electron chi connectivity index (χ4n) is 2.10. The van der Waals surface area contributed by atoms with Crippen molar-refractivity contribution in [1.29, 1.82) is 0 Å². The Morgan fingerprint density at radius 3 is 3.11 bits per heavy atom. The van der Waals surface area contributed by atoms with Crippen LogP contribution >= 0.6 is 15.9 Å². The monoisotopic (exact) mass is 315 g/mol. The molecule has 0 aliphatic carbocycles. The van der Waals surface area contributed by atoms with Crippen molar-refractivity contribution < 1.29 is 4.74 Å². The Hall–Kier alpha value is -0.720. The van der Waals surface area contributed by atoms with E-state index in [0.29, 0.717) is 17.1 Å². The zero-order valence-electron chi connectivity index (χ0n) is 10.7. The summed E-state index contributed by atoms with van der Waals surface area (Å²) < 4.78 is 7.80. The number of ether oxygens (including phenoxy) is 1. The van der Waals surface area contributed by atoms with Gasteiger partial charge in [-0.05, 0) is 29.8 Å². The molecule has 0 radical (unpaired) electrons. The average Bonchev–Trinajstić information content (AvgIpc) is 2.35. The Bertz CT molecular complexity index is 461. The highest BCUT2D eigenvalue weighted by molar-refractivity contribution is 9.10. The Morgan fingerprint density at radius 1 is 1.61 bits per heavy atom. The number of hydrogen-bond donors (Lipinski definition) is 0. The van der Waals surface area contributed by atoms with Gasteiger partial charge < -0.3 is 4.74 Å². The third kappa shape index (κ3) is 3.18. The van der Waals surface area contributed by atoms with Crippen LogP contribution in [0.2, 0.25) is 0 Å². The van der Waals surface area contributed by atoms with E-state index in [4.69, 9.17) is 4.74 Å². The van der Waals surface area contributed by atoms with Crippen LogP contribution in [0.3, 0.4) is 0 Å². The van der Waals surface area contributed by atoms with Gasteiger partial charge in [0.05, 0.1) is 25.6 Å². The first kappa shape index (κ1) is 13.7.